The molecule has 0 aliphatic carbocycles. The van der Waals surface area contributed by atoms with Crippen LogP contribution in [0.5, 0.6) is 0 Å². The van der Waals surface area contributed by atoms with Crippen molar-refractivity contribution in [2.75, 3.05) is 6.54 Å². The third-order valence-corrected chi connectivity index (χ3v) is 3.24. The van der Waals surface area contributed by atoms with E-state index < -0.39 is 0 Å². The lowest BCUT2D eigenvalue weighted by Crippen LogP contribution is -2.12. The molecule has 0 radical (unpaired) electrons. The minimum Gasteiger partial charge on any atom is -0.313 e. The monoisotopic (exact) mass is 263 g/mol. The number of hydrogen-bond acceptors (Lipinski definition) is 4. The van der Waals surface area contributed by atoms with Crippen molar-refractivity contribution in [3.8, 4) is 0 Å². The zero-order chi connectivity index (χ0) is 12.8. The maximum Gasteiger partial charge on any atom is 0.192 e. The molecule has 1 aromatic heterocycles. The molecule has 0 aliphatic heterocycles. The van der Waals surface area contributed by atoms with Crippen LogP contribution in [0.15, 0.2) is 46.7 Å². The van der Waals surface area contributed by atoms with E-state index in [1.165, 1.54) is 17.8 Å². The van der Waals surface area contributed by atoms with Crippen LogP contribution in [0.2, 0.25) is 0 Å². The Morgan fingerprint density at radius 2 is 1.94 bits per heavy atom. The van der Waals surface area contributed by atoms with Gasteiger partial charge in [-0.25, -0.2) is 14.4 Å². The molecule has 18 heavy (non-hydrogen) atoms. The van der Waals surface area contributed by atoms with Gasteiger partial charge in [-0.1, -0.05) is 19.1 Å². The topological polar surface area (TPSA) is 37.8 Å². The number of aromatic nitrogens is 2. The van der Waals surface area contributed by atoms with E-state index in [1.807, 2.05) is 6.92 Å². The molecule has 0 unspecified atom stereocenters. The number of hydrogen-bond donors (Lipinski definition) is 1. The van der Waals surface area contributed by atoms with Gasteiger partial charge in [-0.05, 0) is 30.4 Å². The molecule has 1 aromatic carbocycles. The molecule has 0 saturated heterocycles. The minimum absolute atomic E-state index is 0.247. The Morgan fingerprint density at radius 3 is 2.61 bits per heavy atom. The van der Waals surface area contributed by atoms with Crippen LogP contribution in [0.1, 0.15) is 12.5 Å². The molecule has 0 fully saturated rings. The zero-order valence-corrected chi connectivity index (χ0v) is 10.9. The number of benzene rings is 1. The summed E-state index contributed by atoms with van der Waals surface area (Å²) in [6.45, 7) is 3.70. The maximum absolute atomic E-state index is 13.4. The first kappa shape index (κ1) is 13.0. The molecule has 0 saturated carbocycles. The van der Waals surface area contributed by atoms with Crippen molar-refractivity contribution in [2.24, 2.45) is 0 Å². The van der Waals surface area contributed by atoms with Gasteiger partial charge in [0.25, 0.3) is 0 Å². The van der Waals surface area contributed by atoms with E-state index in [-0.39, 0.29) is 5.82 Å². The summed E-state index contributed by atoms with van der Waals surface area (Å²) in [5, 5.41) is 3.75. The third-order valence-electron chi connectivity index (χ3n) is 2.30. The highest BCUT2D eigenvalue weighted by Gasteiger charge is 2.05. The van der Waals surface area contributed by atoms with Crippen LogP contribution >= 0.6 is 11.8 Å². The van der Waals surface area contributed by atoms with Gasteiger partial charge in [-0.3, -0.25) is 0 Å². The second-order valence-corrected chi connectivity index (χ2v) is 4.70. The largest absolute Gasteiger partial charge is 0.313 e. The fourth-order valence-electron chi connectivity index (χ4n) is 1.38. The fourth-order valence-corrected chi connectivity index (χ4v) is 2.10. The van der Waals surface area contributed by atoms with Crippen molar-refractivity contribution in [2.45, 2.75) is 23.5 Å². The first-order valence-corrected chi connectivity index (χ1v) is 6.55. The predicted octanol–water partition coefficient (Wildman–Crippen LogP) is 2.88. The summed E-state index contributed by atoms with van der Waals surface area (Å²) in [5.41, 5.74) is 1.02. The van der Waals surface area contributed by atoms with E-state index in [1.54, 1.807) is 30.6 Å². The second-order valence-electron chi connectivity index (χ2n) is 3.69. The molecule has 0 aliphatic rings. The SMILES string of the molecule is CCNCc1cnc(Sc2ccccc2F)nc1. The first-order valence-electron chi connectivity index (χ1n) is 5.73. The van der Waals surface area contributed by atoms with E-state index in [0.29, 0.717) is 10.1 Å². The van der Waals surface area contributed by atoms with Crippen molar-refractivity contribution >= 4 is 11.8 Å². The summed E-state index contributed by atoms with van der Waals surface area (Å²) >= 11 is 1.23. The van der Waals surface area contributed by atoms with Gasteiger partial charge in [0.2, 0.25) is 0 Å². The molecule has 0 atom stereocenters. The molecule has 94 valence electrons. The second kappa shape index (κ2) is 6.47. The van der Waals surface area contributed by atoms with Gasteiger partial charge in [0.05, 0.1) is 4.90 Å². The average molecular weight is 263 g/mol. The summed E-state index contributed by atoms with van der Waals surface area (Å²) in [6.07, 6.45) is 3.53. The van der Waals surface area contributed by atoms with Crippen LogP contribution in [-0.4, -0.2) is 16.5 Å². The van der Waals surface area contributed by atoms with Gasteiger partial charge in [0.1, 0.15) is 5.82 Å². The smallest absolute Gasteiger partial charge is 0.192 e. The quantitative estimate of drug-likeness (QED) is 0.842. The van der Waals surface area contributed by atoms with E-state index in [4.69, 9.17) is 0 Å². The van der Waals surface area contributed by atoms with E-state index >= 15 is 0 Å². The highest BCUT2D eigenvalue weighted by atomic mass is 32.2. The highest BCUT2D eigenvalue weighted by molar-refractivity contribution is 7.99. The van der Waals surface area contributed by atoms with Crippen LogP contribution in [0.3, 0.4) is 0 Å². The van der Waals surface area contributed by atoms with E-state index in [2.05, 4.69) is 15.3 Å². The van der Waals surface area contributed by atoms with Gasteiger partial charge in [-0.15, -0.1) is 0 Å². The van der Waals surface area contributed by atoms with Crippen LogP contribution in [0.25, 0.3) is 0 Å². The Kier molecular flexibility index (Phi) is 4.66. The van der Waals surface area contributed by atoms with Crippen LogP contribution in [-0.2, 0) is 6.54 Å². The van der Waals surface area contributed by atoms with Crippen LogP contribution in [0, 0.1) is 5.82 Å². The molecule has 2 aromatic rings. The van der Waals surface area contributed by atoms with Crippen molar-refractivity contribution in [1.29, 1.82) is 0 Å². The average Bonchev–Trinajstić information content (AvgIpc) is 2.41. The summed E-state index contributed by atoms with van der Waals surface area (Å²) in [7, 11) is 0. The van der Waals surface area contributed by atoms with E-state index in [9.17, 15) is 4.39 Å². The fraction of sp³-hybridized carbons (Fsp3) is 0.231. The number of rotatable bonds is 5. The molecule has 3 nitrogen and oxygen atoms in total. The Balaban J connectivity index is 2.04. The van der Waals surface area contributed by atoms with Gasteiger partial charge in [0, 0.05) is 24.5 Å². The van der Waals surface area contributed by atoms with Gasteiger partial charge in [-0.2, -0.15) is 0 Å². The number of halogens is 1. The maximum atomic E-state index is 13.4. The van der Waals surface area contributed by atoms with Gasteiger partial charge >= 0.3 is 0 Å². The van der Waals surface area contributed by atoms with E-state index in [0.717, 1.165) is 18.7 Å². The zero-order valence-electron chi connectivity index (χ0n) is 10.1. The van der Waals surface area contributed by atoms with Crippen LogP contribution < -0.4 is 5.32 Å². The van der Waals surface area contributed by atoms with Gasteiger partial charge < -0.3 is 5.32 Å². The van der Waals surface area contributed by atoms with Gasteiger partial charge in [0.15, 0.2) is 5.16 Å². The molecular formula is C13H14FN3S. The molecule has 0 bridgehead atoms. The highest BCUT2D eigenvalue weighted by Crippen LogP contribution is 2.26. The standard InChI is InChI=1S/C13H14FN3S/c1-2-15-7-10-8-16-13(17-9-10)18-12-6-4-3-5-11(12)14/h3-6,8-9,15H,2,7H2,1H3. The van der Waals surface area contributed by atoms with Crippen LogP contribution in [0.4, 0.5) is 4.39 Å². The lowest BCUT2D eigenvalue weighted by Gasteiger charge is -2.03. The Morgan fingerprint density at radius 1 is 1.22 bits per heavy atom. The Hall–Kier alpha value is -1.46. The summed E-state index contributed by atoms with van der Waals surface area (Å²) < 4.78 is 13.4. The molecule has 5 heteroatoms. The van der Waals surface area contributed by atoms with Crippen molar-refractivity contribution in [3.05, 3.63) is 48.0 Å². The lowest BCUT2D eigenvalue weighted by molar-refractivity contribution is 0.601. The molecule has 2 rings (SSSR count). The number of nitrogens with zero attached hydrogens (tertiary/aromatic N) is 2. The Bertz CT molecular complexity index is 502. The summed E-state index contributed by atoms with van der Waals surface area (Å²) in [6, 6.07) is 6.61. The number of nitrogens with one attached hydrogen (secondary N) is 1. The molecular weight excluding hydrogens is 249 g/mol. The van der Waals surface area contributed by atoms with Crippen molar-refractivity contribution in [3.63, 3.8) is 0 Å². The molecule has 0 amide bonds. The first-order chi connectivity index (χ1) is 8.79. The third kappa shape index (κ3) is 3.51. The van der Waals surface area contributed by atoms with Crippen molar-refractivity contribution < 1.29 is 4.39 Å². The lowest BCUT2D eigenvalue weighted by atomic mass is 10.3. The molecule has 0 spiro atoms. The summed E-state index contributed by atoms with van der Waals surface area (Å²) in [5.74, 6) is -0.247. The molecule has 1 heterocycles. The summed E-state index contributed by atoms with van der Waals surface area (Å²) in [4.78, 5) is 8.97. The normalized spacial score (nSPS) is 10.6. The molecule has 1 N–H and O–H groups in total. The Labute approximate surface area is 110 Å². The predicted molar refractivity (Wildman–Crippen MR) is 69.9 cm³/mol. The van der Waals surface area contributed by atoms with Crippen molar-refractivity contribution in [1.82, 2.24) is 15.3 Å². The minimum atomic E-state index is -0.247.